The largest absolute Gasteiger partial charge is 0.480 e. The lowest BCUT2D eigenvalue weighted by Gasteiger charge is -2.32. The maximum absolute atomic E-state index is 12.4. The highest BCUT2D eigenvalue weighted by atomic mass is 16.5. The zero-order valence-electron chi connectivity index (χ0n) is 17.8. The Bertz CT molecular complexity index is 894. The summed E-state index contributed by atoms with van der Waals surface area (Å²) in [5.41, 5.74) is 4.56. The fraction of sp³-hybridized carbons (Fsp3) is 0.417. The van der Waals surface area contributed by atoms with Crippen LogP contribution < -0.4 is 5.32 Å². The molecule has 1 fully saturated rings. The van der Waals surface area contributed by atoms with E-state index in [9.17, 15) is 14.7 Å². The van der Waals surface area contributed by atoms with Crippen LogP contribution in [0, 0.1) is 0 Å². The van der Waals surface area contributed by atoms with E-state index in [1.165, 1.54) is 0 Å². The number of amides is 1. The highest BCUT2D eigenvalue weighted by Crippen LogP contribution is 2.44. The number of ether oxygens (including phenoxy) is 1. The minimum Gasteiger partial charge on any atom is -0.480 e. The molecule has 7 heteroatoms. The molecule has 0 aromatic heterocycles. The molecular weight excluding hydrogens is 394 g/mol. The first-order valence-electron chi connectivity index (χ1n) is 10.8. The van der Waals surface area contributed by atoms with Crippen LogP contribution in [0.3, 0.4) is 0 Å². The van der Waals surface area contributed by atoms with Gasteiger partial charge in [-0.05, 0) is 35.7 Å². The number of piperazine rings is 1. The summed E-state index contributed by atoms with van der Waals surface area (Å²) in [5.74, 6) is -1.09. The second-order valence-electron chi connectivity index (χ2n) is 8.29. The van der Waals surface area contributed by atoms with E-state index in [0.717, 1.165) is 48.4 Å². The van der Waals surface area contributed by atoms with Gasteiger partial charge in [0.15, 0.2) is 0 Å². The van der Waals surface area contributed by atoms with Crippen molar-refractivity contribution >= 4 is 12.1 Å². The van der Waals surface area contributed by atoms with Crippen molar-refractivity contribution in [3.05, 3.63) is 59.7 Å². The smallest absolute Gasteiger partial charge is 0.407 e. The topological polar surface area (TPSA) is 82.1 Å². The molecule has 0 spiro atoms. The number of hydrogen-bond acceptors (Lipinski definition) is 5. The van der Waals surface area contributed by atoms with E-state index in [1.807, 2.05) is 24.3 Å². The molecule has 164 valence electrons. The second kappa shape index (κ2) is 9.49. The number of carboxylic acids is 1. The molecule has 2 aliphatic rings. The standard InChI is InChI=1S/C24H29N3O4/c1-26-12-14-27(15-13-26)11-10-22(23(28)29)25-24(30)31-16-21-19-8-4-2-6-17(19)18-7-3-5-9-20(18)21/h2-9,21-22H,10-16H2,1H3,(H,25,30)(H,28,29). The number of benzene rings is 2. The van der Waals surface area contributed by atoms with Gasteiger partial charge < -0.3 is 25.0 Å². The van der Waals surface area contributed by atoms with Crippen LogP contribution in [0.5, 0.6) is 0 Å². The summed E-state index contributed by atoms with van der Waals surface area (Å²) in [6.07, 6.45) is -0.337. The average Bonchev–Trinajstić information content (AvgIpc) is 3.10. The first-order valence-corrected chi connectivity index (χ1v) is 10.8. The SMILES string of the molecule is CN1CCN(CCC(NC(=O)OCC2c3ccccc3-c3ccccc32)C(=O)O)CC1. The molecule has 2 aromatic rings. The van der Waals surface area contributed by atoms with Crippen molar-refractivity contribution in [1.29, 1.82) is 0 Å². The van der Waals surface area contributed by atoms with E-state index < -0.39 is 18.1 Å². The number of alkyl carbamates (subject to hydrolysis) is 1. The monoisotopic (exact) mass is 423 g/mol. The lowest BCUT2D eigenvalue weighted by Crippen LogP contribution is -2.48. The number of carboxylic acid groups (broad SMARTS) is 1. The summed E-state index contributed by atoms with van der Waals surface area (Å²) in [6, 6.07) is 15.3. The number of nitrogens with one attached hydrogen (secondary N) is 1. The molecule has 1 amide bonds. The molecule has 31 heavy (non-hydrogen) atoms. The third-order valence-corrected chi connectivity index (χ3v) is 6.26. The molecule has 0 radical (unpaired) electrons. The molecule has 0 bridgehead atoms. The Morgan fingerprint density at radius 2 is 1.61 bits per heavy atom. The average molecular weight is 424 g/mol. The Morgan fingerprint density at radius 3 is 2.19 bits per heavy atom. The third kappa shape index (κ3) is 4.89. The van der Waals surface area contributed by atoms with Gasteiger partial charge in [-0.15, -0.1) is 0 Å². The van der Waals surface area contributed by atoms with Crippen LogP contribution >= 0.6 is 0 Å². The minimum atomic E-state index is -1.04. The number of aliphatic carboxylic acids is 1. The van der Waals surface area contributed by atoms with Gasteiger partial charge in [0.1, 0.15) is 12.6 Å². The molecule has 1 saturated heterocycles. The maximum Gasteiger partial charge on any atom is 0.407 e. The van der Waals surface area contributed by atoms with E-state index in [2.05, 4.69) is 46.4 Å². The van der Waals surface area contributed by atoms with Crippen LogP contribution in [0.25, 0.3) is 11.1 Å². The Hall–Kier alpha value is -2.90. The van der Waals surface area contributed by atoms with E-state index >= 15 is 0 Å². The van der Waals surface area contributed by atoms with Gasteiger partial charge in [0.2, 0.25) is 0 Å². The first-order chi connectivity index (χ1) is 15.0. The highest BCUT2D eigenvalue weighted by molar-refractivity contribution is 5.81. The number of carbonyl (C=O) groups excluding carboxylic acids is 1. The van der Waals surface area contributed by atoms with Crippen molar-refractivity contribution in [1.82, 2.24) is 15.1 Å². The molecule has 1 unspecified atom stereocenters. The quantitative estimate of drug-likeness (QED) is 0.713. The third-order valence-electron chi connectivity index (χ3n) is 6.26. The van der Waals surface area contributed by atoms with E-state index in [0.29, 0.717) is 13.0 Å². The maximum atomic E-state index is 12.4. The van der Waals surface area contributed by atoms with Crippen LogP contribution in [0.15, 0.2) is 48.5 Å². The fourth-order valence-electron chi connectivity index (χ4n) is 4.42. The molecule has 1 aliphatic carbocycles. The first kappa shape index (κ1) is 21.3. The number of hydrogen-bond donors (Lipinski definition) is 2. The second-order valence-corrected chi connectivity index (χ2v) is 8.29. The number of rotatable bonds is 7. The molecule has 1 heterocycles. The lowest BCUT2D eigenvalue weighted by molar-refractivity contribution is -0.139. The predicted molar refractivity (Wildman–Crippen MR) is 118 cm³/mol. The fourth-order valence-corrected chi connectivity index (χ4v) is 4.42. The number of nitrogens with zero attached hydrogens (tertiary/aromatic N) is 2. The summed E-state index contributed by atoms with van der Waals surface area (Å²) in [5, 5.41) is 12.1. The number of likely N-dealkylation sites (N-methyl/N-ethyl adjacent to an activating group) is 1. The highest BCUT2D eigenvalue weighted by Gasteiger charge is 2.30. The summed E-state index contributed by atoms with van der Waals surface area (Å²) >= 11 is 0. The summed E-state index contributed by atoms with van der Waals surface area (Å²) in [4.78, 5) is 28.5. The van der Waals surface area contributed by atoms with Crippen molar-refractivity contribution in [2.45, 2.75) is 18.4 Å². The van der Waals surface area contributed by atoms with Gasteiger partial charge in [-0.1, -0.05) is 48.5 Å². The Kier molecular flexibility index (Phi) is 6.53. The molecule has 4 rings (SSSR count). The lowest BCUT2D eigenvalue weighted by atomic mass is 9.98. The molecular formula is C24H29N3O4. The summed E-state index contributed by atoms with van der Waals surface area (Å²) in [7, 11) is 2.08. The summed E-state index contributed by atoms with van der Waals surface area (Å²) < 4.78 is 5.49. The molecule has 7 nitrogen and oxygen atoms in total. The molecule has 0 saturated carbocycles. The van der Waals surface area contributed by atoms with Gasteiger partial charge in [-0.3, -0.25) is 0 Å². The Morgan fingerprint density at radius 1 is 1.03 bits per heavy atom. The van der Waals surface area contributed by atoms with Crippen molar-refractivity contribution in [2.75, 3.05) is 46.4 Å². The van der Waals surface area contributed by atoms with Crippen LogP contribution in [-0.2, 0) is 9.53 Å². The molecule has 1 atom stereocenters. The van der Waals surface area contributed by atoms with Crippen LogP contribution in [0.4, 0.5) is 4.79 Å². The van der Waals surface area contributed by atoms with Crippen LogP contribution in [0.2, 0.25) is 0 Å². The minimum absolute atomic E-state index is 0.0493. The van der Waals surface area contributed by atoms with Gasteiger partial charge in [-0.25, -0.2) is 9.59 Å². The van der Waals surface area contributed by atoms with Crippen molar-refractivity contribution in [3.63, 3.8) is 0 Å². The van der Waals surface area contributed by atoms with E-state index in [1.54, 1.807) is 0 Å². The normalized spacial score (nSPS) is 17.6. The zero-order chi connectivity index (χ0) is 21.8. The molecule has 2 N–H and O–H groups in total. The van der Waals surface area contributed by atoms with Crippen molar-refractivity contribution < 1.29 is 19.4 Å². The number of carbonyl (C=O) groups is 2. The van der Waals surface area contributed by atoms with E-state index in [4.69, 9.17) is 4.74 Å². The van der Waals surface area contributed by atoms with Gasteiger partial charge in [0.25, 0.3) is 0 Å². The van der Waals surface area contributed by atoms with Gasteiger partial charge in [0, 0.05) is 38.6 Å². The van der Waals surface area contributed by atoms with Crippen LogP contribution in [-0.4, -0.2) is 79.4 Å². The predicted octanol–water partition coefficient (Wildman–Crippen LogP) is 2.62. The Balaban J connectivity index is 1.33. The van der Waals surface area contributed by atoms with Crippen LogP contribution in [0.1, 0.15) is 23.5 Å². The number of fused-ring (bicyclic) bond motifs is 3. The van der Waals surface area contributed by atoms with Gasteiger partial charge >= 0.3 is 12.1 Å². The van der Waals surface area contributed by atoms with Gasteiger partial charge in [0.05, 0.1) is 0 Å². The van der Waals surface area contributed by atoms with Crippen molar-refractivity contribution in [3.8, 4) is 11.1 Å². The zero-order valence-corrected chi connectivity index (χ0v) is 17.8. The van der Waals surface area contributed by atoms with Gasteiger partial charge in [-0.2, -0.15) is 0 Å². The summed E-state index contributed by atoms with van der Waals surface area (Å²) in [6.45, 7) is 4.57. The van der Waals surface area contributed by atoms with Crippen molar-refractivity contribution in [2.24, 2.45) is 0 Å². The Labute approximate surface area is 182 Å². The molecule has 1 aliphatic heterocycles. The van der Waals surface area contributed by atoms with E-state index in [-0.39, 0.29) is 12.5 Å². The molecule has 2 aromatic carbocycles.